The van der Waals surface area contributed by atoms with Crippen LogP contribution in [-0.4, -0.2) is 26.9 Å². The lowest BCUT2D eigenvalue weighted by Gasteiger charge is -2.27. The molecular formula is C17H12N4O4. The summed E-state index contributed by atoms with van der Waals surface area (Å²) in [6.07, 6.45) is 0. The number of rotatable bonds is 2. The Hall–Kier alpha value is -3.55. The second kappa shape index (κ2) is 4.97. The highest BCUT2D eigenvalue weighted by atomic mass is 16.6. The minimum Gasteiger partial charge on any atom is -0.280 e. The van der Waals surface area contributed by atoms with Gasteiger partial charge in [-0.2, -0.15) is 5.10 Å². The molecule has 1 aliphatic heterocycles. The van der Waals surface area contributed by atoms with Crippen LogP contribution in [0.3, 0.4) is 0 Å². The van der Waals surface area contributed by atoms with Crippen molar-refractivity contribution in [1.29, 1.82) is 0 Å². The first kappa shape index (κ1) is 15.0. The van der Waals surface area contributed by atoms with Crippen molar-refractivity contribution in [2.24, 2.45) is 0 Å². The molecule has 2 aromatic carbocycles. The highest BCUT2D eigenvalue weighted by Gasteiger charge is 2.37. The van der Waals surface area contributed by atoms with E-state index in [1.165, 1.54) is 12.1 Å². The van der Waals surface area contributed by atoms with Gasteiger partial charge in [-0.05, 0) is 25.3 Å². The van der Waals surface area contributed by atoms with Gasteiger partial charge in [0.2, 0.25) is 0 Å². The van der Waals surface area contributed by atoms with Gasteiger partial charge in [0.05, 0.1) is 27.6 Å². The van der Waals surface area contributed by atoms with Gasteiger partial charge in [0.25, 0.3) is 17.5 Å². The van der Waals surface area contributed by atoms with E-state index in [-0.39, 0.29) is 11.3 Å². The van der Waals surface area contributed by atoms with E-state index in [9.17, 15) is 19.7 Å². The summed E-state index contributed by atoms with van der Waals surface area (Å²) in [6.45, 7) is 3.39. The largest absolute Gasteiger partial charge is 0.280 e. The molecule has 1 N–H and O–H groups in total. The van der Waals surface area contributed by atoms with Gasteiger partial charge in [0, 0.05) is 23.1 Å². The summed E-state index contributed by atoms with van der Waals surface area (Å²) in [6, 6.07) is 7.50. The number of benzene rings is 2. The molecule has 0 spiro atoms. The van der Waals surface area contributed by atoms with Crippen LogP contribution in [0.4, 0.5) is 11.4 Å². The van der Waals surface area contributed by atoms with Crippen molar-refractivity contribution in [3.63, 3.8) is 0 Å². The van der Waals surface area contributed by atoms with Crippen LogP contribution < -0.4 is 4.90 Å². The predicted octanol–water partition coefficient (Wildman–Crippen LogP) is 2.89. The van der Waals surface area contributed by atoms with E-state index in [0.29, 0.717) is 33.4 Å². The third kappa shape index (κ3) is 1.97. The third-order valence-corrected chi connectivity index (χ3v) is 4.35. The molecule has 0 aliphatic carbocycles. The van der Waals surface area contributed by atoms with Gasteiger partial charge < -0.3 is 0 Å². The average Bonchev–Trinajstić information content (AvgIpc) is 2.91. The summed E-state index contributed by atoms with van der Waals surface area (Å²) in [7, 11) is 0. The lowest BCUT2D eigenvalue weighted by Crippen LogP contribution is -2.41. The maximum atomic E-state index is 13.0. The Morgan fingerprint density at radius 2 is 1.84 bits per heavy atom. The standard InChI is InChI=1S/C17H12N4O4/c1-8-15(9(2)19-18-8)20-16(22)12-5-3-4-10-6-11(21(24)25)7-13(14(10)12)17(20)23/h3-7H,1-2H3,(H,18,19). The maximum Gasteiger partial charge on any atom is 0.270 e. The Morgan fingerprint density at radius 1 is 1.12 bits per heavy atom. The molecule has 8 heteroatoms. The number of non-ortho nitro benzene ring substituents is 1. The van der Waals surface area contributed by atoms with Crippen LogP contribution in [0.2, 0.25) is 0 Å². The molecule has 0 fully saturated rings. The van der Waals surface area contributed by atoms with Gasteiger partial charge in [-0.1, -0.05) is 12.1 Å². The van der Waals surface area contributed by atoms with Crippen LogP contribution in [0.25, 0.3) is 10.8 Å². The molecule has 0 unspecified atom stereocenters. The number of hydrogen-bond donors (Lipinski definition) is 1. The Morgan fingerprint density at radius 3 is 2.48 bits per heavy atom. The first-order valence-electron chi connectivity index (χ1n) is 7.51. The second-order valence-corrected chi connectivity index (χ2v) is 5.88. The molecule has 0 atom stereocenters. The lowest BCUT2D eigenvalue weighted by atomic mass is 9.93. The van der Waals surface area contributed by atoms with Gasteiger partial charge >= 0.3 is 0 Å². The van der Waals surface area contributed by atoms with Crippen molar-refractivity contribution in [3.8, 4) is 0 Å². The number of imide groups is 1. The van der Waals surface area contributed by atoms with Gasteiger partial charge in [0.15, 0.2) is 0 Å². The topological polar surface area (TPSA) is 109 Å². The number of amides is 2. The fraction of sp³-hybridized carbons (Fsp3) is 0.118. The summed E-state index contributed by atoms with van der Waals surface area (Å²) in [5, 5.41) is 18.9. The smallest absolute Gasteiger partial charge is 0.270 e. The van der Waals surface area contributed by atoms with E-state index >= 15 is 0 Å². The summed E-state index contributed by atoms with van der Waals surface area (Å²) in [4.78, 5) is 37.7. The number of anilines is 1. The van der Waals surface area contributed by atoms with Crippen molar-refractivity contribution >= 4 is 34.0 Å². The zero-order valence-electron chi connectivity index (χ0n) is 13.4. The fourth-order valence-electron chi connectivity index (χ4n) is 3.28. The van der Waals surface area contributed by atoms with Crippen LogP contribution in [0.15, 0.2) is 30.3 Å². The molecule has 0 saturated heterocycles. The van der Waals surface area contributed by atoms with Crippen molar-refractivity contribution in [2.75, 3.05) is 4.90 Å². The zero-order valence-corrected chi connectivity index (χ0v) is 13.4. The van der Waals surface area contributed by atoms with E-state index in [1.807, 2.05) is 0 Å². The van der Waals surface area contributed by atoms with Crippen molar-refractivity contribution in [3.05, 3.63) is 63.0 Å². The van der Waals surface area contributed by atoms with Gasteiger partial charge in [-0.15, -0.1) is 0 Å². The number of aryl methyl sites for hydroxylation is 2. The first-order chi connectivity index (χ1) is 11.9. The van der Waals surface area contributed by atoms with Crippen LogP contribution in [0.5, 0.6) is 0 Å². The van der Waals surface area contributed by atoms with Crippen molar-refractivity contribution in [1.82, 2.24) is 10.2 Å². The lowest BCUT2D eigenvalue weighted by molar-refractivity contribution is -0.384. The van der Waals surface area contributed by atoms with Crippen molar-refractivity contribution in [2.45, 2.75) is 13.8 Å². The molecule has 2 amide bonds. The normalized spacial score (nSPS) is 13.6. The van der Waals surface area contributed by atoms with E-state index < -0.39 is 16.7 Å². The monoisotopic (exact) mass is 336 g/mol. The summed E-state index contributed by atoms with van der Waals surface area (Å²) < 4.78 is 0. The molecule has 0 saturated carbocycles. The Kier molecular flexibility index (Phi) is 2.98. The molecule has 124 valence electrons. The number of nitro benzene ring substituents is 1. The van der Waals surface area contributed by atoms with E-state index in [4.69, 9.17) is 0 Å². The molecule has 2 heterocycles. The van der Waals surface area contributed by atoms with Gasteiger partial charge in [-0.3, -0.25) is 24.8 Å². The quantitative estimate of drug-likeness (QED) is 0.439. The number of carbonyl (C=O) groups excluding carboxylic acids is 2. The van der Waals surface area contributed by atoms with Gasteiger partial charge in [0.1, 0.15) is 0 Å². The Labute approximate surface area is 141 Å². The molecule has 0 radical (unpaired) electrons. The van der Waals surface area contributed by atoms with Crippen LogP contribution in [0, 0.1) is 24.0 Å². The molecule has 3 aromatic rings. The highest BCUT2D eigenvalue weighted by Crippen LogP contribution is 2.36. The molecule has 1 aromatic heterocycles. The molecule has 8 nitrogen and oxygen atoms in total. The third-order valence-electron chi connectivity index (χ3n) is 4.35. The number of nitrogens with zero attached hydrogens (tertiary/aromatic N) is 3. The molecule has 0 bridgehead atoms. The summed E-state index contributed by atoms with van der Waals surface area (Å²) >= 11 is 0. The van der Waals surface area contributed by atoms with Crippen LogP contribution in [-0.2, 0) is 0 Å². The number of carbonyl (C=O) groups is 2. The number of hydrogen-bond acceptors (Lipinski definition) is 5. The number of H-pyrrole nitrogens is 1. The first-order valence-corrected chi connectivity index (χ1v) is 7.51. The van der Waals surface area contributed by atoms with Gasteiger partial charge in [-0.25, -0.2) is 4.90 Å². The Bertz CT molecular complexity index is 1080. The average molecular weight is 336 g/mol. The Balaban J connectivity index is 2.05. The zero-order chi connectivity index (χ0) is 17.9. The molecule has 1 aliphatic rings. The molecule has 25 heavy (non-hydrogen) atoms. The molecular weight excluding hydrogens is 324 g/mol. The van der Waals surface area contributed by atoms with Crippen LogP contribution in [0.1, 0.15) is 32.1 Å². The van der Waals surface area contributed by atoms with E-state index in [1.54, 1.807) is 32.0 Å². The van der Waals surface area contributed by atoms with Crippen molar-refractivity contribution < 1.29 is 14.5 Å². The second-order valence-electron chi connectivity index (χ2n) is 5.88. The molecule has 4 rings (SSSR count). The number of nitrogens with one attached hydrogen (secondary N) is 1. The minimum atomic E-state index is -0.593. The predicted molar refractivity (Wildman–Crippen MR) is 89.8 cm³/mol. The SMILES string of the molecule is Cc1n[nH]c(C)c1N1C(=O)c2cccc3cc([N+](=O)[O-])cc(c23)C1=O. The van der Waals surface area contributed by atoms with E-state index in [2.05, 4.69) is 10.2 Å². The highest BCUT2D eigenvalue weighted by molar-refractivity contribution is 6.36. The number of nitro groups is 1. The fourth-order valence-corrected chi connectivity index (χ4v) is 3.28. The summed E-state index contributed by atoms with van der Waals surface area (Å²) in [5.41, 5.74) is 1.73. The maximum absolute atomic E-state index is 13.0. The minimum absolute atomic E-state index is 0.138. The van der Waals surface area contributed by atoms with Crippen LogP contribution >= 0.6 is 0 Å². The number of aromatic amines is 1. The summed E-state index contributed by atoms with van der Waals surface area (Å²) in [5.74, 6) is -1.06. The van der Waals surface area contributed by atoms with E-state index in [0.717, 1.165) is 4.90 Å². The number of aromatic nitrogens is 2.